The zero-order valence-electron chi connectivity index (χ0n) is 42.3. The second kappa shape index (κ2) is 52.7. The van der Waals surface area contributed by atoms with Gasteiger partial charge in [0.15, 0.2) is 6.10 Å². The zero-order chi connectivity index (χ0) is 46.5. The lowest BCUT2D eigenvalue weighted by Crippen LogP contribution is -2.30. The Hall–Kier alpha value is -2.89. The first-order valence-electron chi connectivity index (χ1n) is 27.3. The SMILES string of the molecule is CCCCC/C=C\C/C=C\C/C=C\C/C=C\CCCCCC(=O)OC[C@@H](COC(=O)CCCCCCCCCCCCCCC)OC(=O)CCCCCCC/C=C\CCCCCCC. The number of hydrogen-bond donors (Lipinski definition) is 0. The van der Waals surface area contributed by atoms with Crippen molar-refractivity contribution in [3.05, 3.63) is 60.8 Å². The summed E-state index contributed by atoms with van der Waals surface area (Å²) in [6.07, 6.45) is 64.8. The minimum atomic E-state index is -0.789. The number of unbranched alkanes of at least 4 members (excludes halogenated alkanes) is 28. The van der Waals surface area contributed by atoms with Crippen molar-refractivity contribution in [2.75, 3.05) is 13.2 Å². The lowest BCUT2D eigenvalue weighted by molar-refractivity contribution is -0.167. The second-order valence-corrected chi connectivity index (χ2v) is 18.1. The van der Waals surface area contributed by atoms with E-state index in [0.717, 1.165) is 96.3 Å². The molecule has 6 heteroatoms. The molecule has 0 radical (unpaired) electrons. The molecule has 0 aliphatic heterocycles. The van der Waals surface area contributed by atoms with Gasteiger partial charge in [-0.05, 0) is 89.9 Å². The van der Waals surface area contributed by atoms with Crippen LogP contribution in [0.25, 0.3) is 0 Å². The summed E-state index contributed by atoms with van der Waals surface area (Å²) in [6.45, 7) is 6.58. The van der Waals surface area contributed by atoms with Crippen LogP contribution in [0, 0.1) is 0 Å². The predicted octanol–water partition coefficient (Wildman–Crippen LogP) is 18.0. The molecule has 0 aromatic heterocycles. The van der Waals surface area contributed by atoms with Gasteiger partial charge in [-0.15, -0.1) is 0 Å². The van der Waals surface area contributed by atoms with Crippen molar-refractivity contribution in [1.82, 2.24) is 0 Å². The molecule has 0 fully saturated rings. The molecule has 0 heterocycles. The Labute approximate surface area is 396 Å². The van der Waals surface area contributed by atoms with E-state index in [1.165, 1.54) is 135 Å². The Morgan fingerprint density at radius 1 is 0.312 bits per heavy atom. The molecule has 0 spiro atoms. The van der Waals surface area contributed by atoms with Crippen molar-refractivity contribution in [2.24, 2.45) is 0 Å². The summed E-state index contributed by atoms with van der Waals surface area (Å²) in [5, 5.41) is 0. The summed E-state index contributed by atoms with van der Waals surface area (Å²) >= 11 is 0. The monoisotopic (exact) mass is 895 g/mol. The lowest BCUT2D eigenvalue weighted by Gasteiger charge is -2.18. The van der Waals surface area contributed by atoms with Crippen molar-refractivity contribution >= 4 is 17.9 Å². The minimum absolute atomic E-state index is 0.0857. The van der Waals surface area contributed by atoms with Crippen molar-refractivity contribution in [3.63, 3.8) is 0 Å². The minimum Gasteiger partial charge on any atom is -0.462 e. The Bertz CT molecular complexity index is 1170. The number of carbonyl (C=O) groups excluding carboxylic acids is 3. The van der Waals surface area contributed by atoms with Gasteiger partial charge in [0.05, 0.1) is 0 Å². The molecule has 0 aliphatic rings. The van der Waals surface area contributed by atoms with E-state index in [0.29, 0.717) is 19.3 Å². The topological polar surface area (TPSA) is 78.9 Å². The van der Waals surface area contributed by atoms with Crippen LogP contribution in [-0.2, 0) is 28.6 Å². The van der Waals surface area contributed by atoms with Crippen molar-refractivity contribution in [1.29, 1.82) is 0 Å². The fourth-order valence-electron chi connectivity index (χ4n) is 7.60. The molecule has 0 N–H and O–H groups in total. The molecule has 0 bridgehead atoms. The average molecular weight is 895 g/mol. The highest BCUT2D eigenvalue weighted by Crippen LogP contribution is 2.15. The first-order chi connectivity index (χ1) is 31.5. The van der Waals surface area contributed by atoms with Crippen LogP contribution in [0.15, 0.2) is 60.8 Å². The van der Waals surface area contributed by atoms with Crippen LogP contribution in [0.1, 0.15) is 271 Å². The quantitative estimate of drug-likeness (QED) is 0.0262. The van der Waals surface area contributed by atoms with Crippen LogP contribution in [0.5, 0.6) is 0 Å². The van der Waals surface area contributed by atoms with Crippen LogP contribution in [0.2, 0.25) is 0 Å². The number of hydrogen-bond acceptors (Lipinski definition) is 6. The largest absolute Gasteiger partial charge is 0.462 e. The summed E-state index contributed by atoms with van der Waals surface area (Å²) in [4.78, 5) is 38.0. The lowest BCUT2D eigenvalue weighted by atomic mass is 10.0. The van der Waals surface area contributed by atoms with Gasteiger partial charge >= 0.3 is 17.9 Å². The summed E-state index contributed by atoms with van der Waals surface area (Å²) in [6, 6.07) is 0. The molecule has 0 amide bonds. The number of allylic oxidation sites excluding steroid dienone is 10. The number of ether oxygens (including phenoxy) is 3. The fourth-order valence-corrected chi connectivity index (χ4v) is 7.60. The molecule has 370 valence electrons. The van der Waals surface area contributed by atoms with E-state index >= 15 is 0 Å². The van der Waals surface area contributed by atoms with Gasteiger partial charge in [-0.1, -0.05) is 223 Å². The molecule has 0 unspecified atom stereocenters. The molecule has 6 nitrogen and oxygen atoms in total. The van der Waals surface area contributed by atoms with Crippen molar-refractivity contribution in [2.45, 2.75) is 277 Å². The summed E-state index contributed by atoms with van der Waals surface area (Å²) in [5.74, 6) is -0.919. The maximum absolute atomic E-state index is 12.8. The van der Waals surface area contributed by atoms with Gasteiger partial charge in [-0.2, -0.15) is 0 Å². The van der Waals surface area contributed by atoms with Gasteiger partial charge in [0.25, 0.3) is 0 Å². The van der Waals surface area contributed by atoms with E-state index in [9.17, 15) is 14.4 Å². The van der Waals surface area contributed by atoms with Gasteiger partial charge < -0.3 is 14.2 Å². The van der Waals surface area contributed by atoms with E-state index in [2.05, 4.69) is 81.5 Å². The number of esters is 3. The molecule has 0 aliphatic carbocycles. The third kappa shape index (κ3) is 50.1. The maximum Gasteiger partial charge on any atom is 0.306 e. The van der Waals surface area contributed by atoms with Crippen LogP contribution >= 0.6 is 0 Å². The van der Waals surface area contributed by atoms with Crippen LogP contribution in [0.4, 0.5) is 0 Å². The molecule has 0 aromatic carbocycles. The predicted molar refractivity (Wildman–Crippen MR) is 275 cm³/mol. The third-order valence-electron chi connectivity index (χ3n) is 11.7. The van der Waals surface area contributed by atoms with Gasteiger partial charge in [0.1, 0.15) is 13.2 Å². The molecule has 0 saturated carbocycles. The smallest absolute Gasteiger partial charge is 0.306 e. The van der Waals surface area contributed by atoms with Crippen LogP contribution < -0.4 is 0 Å². The van der Waals surface area contributed by atoms with Gasteiger partial charge in [0, 0.05) is 19.3 Å². The van der Waals surface area contributed by atoms with Crippen molar-refractivity contribution in [3.8, 4) is 0 Å². The second-order valence-electron chi connectivity index (χ2n) is 18.1. The summed E-state index contributed by atoms with van der Waals surface area (Å²) < 4.78 is 16.8. The third-order valence-corrected chi connectivity index (χ3v) is 11.7. The highest BCUT2D eigenvalue weighted by Gasteiger charge is 2.19. The number of rotatable bonds is 49. The molecule has 0 rings (SSSR count). The van der Waals surface area contributed by atoms with Gasteiger partial charge in [-0.3, -0.25) is 14.4 Å². The number of carbonyl (C=O) groups is 3. The molecule has 0 aromatic rings. The van der Waals surface area contributed by atoms with E-state index in [4.69, 9.17) is 14.2 Å². The van der Waals surface area contributed by atoms with Crippen LogP contribution in [0.3, 0.4) is 0 Å². The Morgan fingerprint density at radius 3 is 0.938 bits per heavy atom. The fraction of sp³-hybridized carbons (Fsp3) is 0.776. The highest BCUT2D eigenvalue weighted by atomic mass is 16.6. The van der Waals surface area contributed by atoms with Crippen molar-refractivity contribution < 1.29 is 28.6 Å². The van der Waals surface area contributed by atoms with E-state index < -0.39 is 6.10 Å². The standard InChI is InChI=1S/C58H102O6/c1-4-7-10-13-16-19-22-25-27-28-29-30-31-34-36-39-42-45-48-51-57(60)63-54-55(53-62-56(59)50-47-44-41-38-35-32-24-21-18-15-12-9-6-3)64-58(61)52-49-46-43-40-37-33-26-23-20-17-14-11-8-5-2/h16,19,23,25-27,29-30,34,36,55H,4-15,17-18,20-22,24,28,31-33,35,37-54H2,1-3H3/b19-16-,26-23-,27-25-,30-29-,36-34-/t55-/m1/s1. The molecular weight excluding hydrogens is 793 g/mol. The molecule has 1 atom stereocenters. The highest BCUT2D eigenvalue weighted by molar-refractivity contribution is 5.71. The maximum atomic E-state index is 12.8. The Kier molecular flexibility index (Phi) is 50.4. The molecule has 0 saturated heterocycles. The summed E-state index contributed by atoms with van der Waals surface area (Å²) in [5.41, 5.74) is 0. The van der Waals surface area contributed by atoms with Gasteiger partial charge in [0.2, 0.25) is 0 Å². The Balaban J connectivity index is 4.42. The molecule has 64 heavy (non-hydrogen) atoms. The Morgan fingerprint density at radius 2 is 0.562 bits per heavy atom. The first kappa shape index (κ1) is 61.1. The van der Waals surface area contributed by atoms with E-state index in [1.807, 2.05) is 0 Å². The zero-order valence-corrected chi connectivity index (χ0v) is 42.3. The van der Waals surface area contributed by atoms with E-state index in [1.54, 1.807) is 0 Å². The van der Waals surface area contributed by atoms with Gasteiger partial charge in [-0.25, -0.2) is 0 Å². The normalized spacial score (nSPS) is 12.5. The first-order valence-corrected chi connectivity index (χ1v) is 27.3. The molecular formula is C58H102O6. The van der Waals surface area contributed by atoms with E-state index in [-0.39, 0.29) is 31.1 Å². The average Bonchev–Trinajstić information content (AvgIpc) is 3.29. The summed E-state index contributed by atoms with van der Waals surface area (Å²) in [7, 11) is 0. The van der Waals surface area contributed by atoms with Crippen LogP contribution in [-0.4, -0.2) is 37.2 Å².